The van der Waals surface area contributed by atoms with Gasteiger partial charge in [-0.2, -0.15) is 5.10 Å². The van der Waals surface area contributed by atoms with Crippen molar-refractivity contribution >= 4 is 5.82 Å². The number of hydrogen-bond acceptors (Lipinski definition) is 3. The van der Waals surface area contributed by atoms with Crippen LogP contribution in [-0.4, -0.2) is 35.0 Å². The Balaban J connectivity index is 1.80. The van der Waals surface area contributed by atoms with Crippen molar-refractivity contribution in [2.45, 2.75) is 38.8 Å². The Hall–Kier alpha value is -1.03. The van der Waals surface area contributed by atoms with Crippen LogP contribution in [0.15, 0.2) is 12.3 Å². The van der Waals surface area contributed by atoms with Crippen LogP contribution < -0.4 is 10.2 Å². The Morgan fingerprint density at radius 3 is 2.72 bits per heavy atom. The van der Waals surface area contributed by atoms with Crippen LogP contribution in [0.2, 0.25) is 0 Å². The highest BCUT2D eigenvalue weighted by Crippen LogP contribution is 2.35. The molecular weight excluding hydrogens is 224 g/mol. The van der Waals surface area contributed by atoms with E-state index in [9.17, 15) is 0 Å². The topological polar surface area (TPSA) is 33.1 Å². The van der Waals surface area contributed by atoms with E-state index in [-0.39, 0.29) is 0 Å². The van der Waals surface area contributed by atoms with Gasteiger partial charge in [0.15, 0.2) is 5.82 Å². The molecule has 2 fully saturated rings. The highest BCUT2D eigenvalue weighted by Gasteiger charge is 2.38. The molecule has 2 heterocycles. The van der Waals surface area contributed by atoms with Gasteiger partial charge in [-0.05, 0) is 24.7 Å². The third-order valence-electron chi connectivity index (χ3n) is 4.34. The predicted molar refractivity (Wildman–Crippen MR) is 73.7 cm³/mol. The minimum atomic E-state index is 0.565. The van der Waals surface area contributed by atoms with Crippen molar-refractivity contribution in [3.05, 3.63) is 12.3 Å². The van der Waals surface area contributed by atoms with Gasteiger partial charge >= 0.3 is 0 Å². The molecule has 2 aliphatic rings. The first-order valence-corrected chi connectivity index (χ1v) is 7.15. The fraction of sp³-hybridized carbons (Fsp3) is 0.786. The molecule has 4 nitrogen and oxygen atoms in total. The first-order valence-electron chi connectivity index (χ1n) is 7.15. The zero-order valence-electron chi connectivity index (χ0n) is 11.6. The SMILES string of the molecule is CC(C)C1CNC(C2CC2)CN1c1ccn(C)n1. The minimum Gasteiger partial charge on any atom is -0.349 e. The lowest BCUT2D eigenvalue weighted by Gasteiger charge is -2.42. The van der Waals surface area contributed by atoms with Gasteiger partial charge in [-0.1, -0.05) is 13.8 Å². The van der Waals surface area contributed by atoms with E-state index >= 15 is 0 Å². The molecule has 3 rings (SSSR count). The quantitative estimate of drug-likeness (QED) is 0.882. The number of aromatic nitrogens is 2. The van der Waals surface area contributed by atoms with E-state index in [1.165, 1.54) is 12.8 Å². The molecule has 1 aliphatic heterocycles. The number of aryl methyl sites for hydroxylation is 1. The number of piperazine rings is 1. The summed E-state index contributed by atoms with van der Waals surface area (Å²) in [6, 6.07) is 3.38. The monoisotopic (exact) mass is 248 g/mol. The number of nitrogens with one attached hydrogen (secondary N) is 1. The molecule has 1 N–H and O–H groups in total. The van der Waals surface area contributed by atoms with Crippen LogP contribution in [-0.2, 0) is 7.05 Å². The standard InChI is InChI=1S/C14H24N4/c1-10(2)13-8-15-12(11-4-5-11)9-18(13)14-6-7-17(3)16-14/h6-7,10-13,15H,4-5,8-9H2,1-3H3. The van der Waals surface area contributed by atoms with Gasteiger partial charge in [-0.15, -0.1) is 0 Å². The molecule has 0 spiro atoms. The Labute approximate surface area is 109 Å². The average Bonchev–Trinajstić information content (AvgIpc) is 3.11. The zero-order chi connectivity index (χ0) is 12.7. The van der Waals surface area contributed by atoms with Crippen LogP contribution in [0, 0.1) is 11.8 Å². The maximum absolute atomic E-state index is 4.60. The van der Waals surface area contributed by atoms with E-state index in [1.54, 1.807) is 0 Å². The molecule has 1 saturated carbocycles. The largest absolute Gasteiger partial charge is 0.349 e. The molecule has 0 aromatic carbocycles. The van der Waals surface area contributed by atoms with Crippen LogP contribution in [0.3, 0.4) is 0 Å². The van der Waals surface area contributed by atoms with Crippen molar-refractivity contribution in [2.24, 2.45) is 18.9 Å². The van der Waals surface area contributed by atoms with E-state index in [2.05, 4.69) is 35.2 Å². The number of anilines is 1. The molecule has 100 valence electrons. The molecule has 18 heavy (non-hydrogen) atoms. The molecule has 1 aromatic heterocycles. The minimum absolute atomic E-state index is 0.565. The normalized spacial score (nSPS) is 29.0. The second-order valence-corrected chi connectivity index (χ2v) is 6.16. The first kappa shape index (κ1) is 12.0. The third kappa shape index (κ3) is 2.26. The van der Waals surface area contributed by atoms with Crippen molar-refractivity contribution in [1.29, 1.82) is 0 Å². The smallest absolute Gasteiger partial charge is 0.150 e. The first-order chi connectivity index (χ1) is 8.65. The molecule has 0 amide bonds. The highest BCUT2D eigenvalue weighted by molar-refractivity contribution is 5.40. The van der Waals surface area contributed by atoms with Gasteiger partial charge in [0.1, 0.15) is 0 Å². The summed E-state index contributed by atoms with van der Waals surface area (Å²) < 4.78 is 1.90. The molecule has 1 aromatic rings. The summed E-state index contributed by atoms with van der Waals surface area (Å²) in [5, 5.41) is 8.34. The Bertz CT molecular complexity index is 408. The summed E-state index contributed by atoms with van der Waals surface area (Å²) in [6.07, 6.45) is 4.85. The van der Waals surface area contributed by atoms with Gasteiger partial charge in [0.2, 0.25) is 0 Å². The van der Waals surface area contributed by atoms with E-state index in [0.29, 0.717) is 18.0 Å². The predicted octanol–water partition coefficient (Wildman–Crippen LogP) is 1.63. The van der Waals surface area contributed by atoms with Crippen LogP contribution in [0.25, 0.3) is 0 Å². The van der Waals surface area contributed by atoms with Crippen LogP contribution in [0.4, 0.5) is 5.82 Å². The molecule has 2 atom stereocenters. The summed E-state index contributed by atoms with van der Waals surface area (Å²) in [7, 11) is 1.99. The Kier molecular flexibility index (Phi) is 3.06. The second kappa shape index (κ2) is 4.57. The Morgan fingerprint density at radius 1 is 1.39 bits per heavy atom. The van der Waals surface area contributed by atoms with Crippen molar-refractivity contribution in [3.63, 3.8) is 0 Å². The van der Waals surface area contributed by atoms with Gasteiger partial charge in [-0.25, -0.2) is 0 Å². The van der Waals surface area contributed by atoms with E-state index in [1.807, 2.05) is 17.9 Å². The van der Waals surface area contributed by atoms with Crippen molar-refractivity contribution in [2.75, 3.05) is 18.0 Å². The summed E-state index contributed by atoms with van der Waals surface area (Å²) in [4.78, 5) is 2.52. The lowest BCUT2D eigenvalue weighted by atomic mass is 9.97. The molecule has 4 heteroatoms. The van der Waals surface area contributed by atoms with Gasteiger partial charge < -0.3 is 10.2 Å². The summed E-state index contributed by atoms with van der Waals surface area (Å²) in [6.45, 7) is 6.82. The summed E-state index contributed by atoms with van der Waals surface area (Å²) in [5.41, 5.74) is 0. The molecule has 1 aliphatic carbocycles. The lowest BCUT2D eigenvalue weighted by Crippen LogP contribution is -2.59. The number of rotatable bonds is 3. The molecule has 2 unspecified atom stereocenters. The lowest BCUT2D eigenvalue weighted by molar-refractivity contribution is 0.318. The Morgan fingerprint density at radius 2 is 2.17 bits per heavy atom. The number of hydrogen-bond donors (Lipinski definition) is 1. The average molecular weight is 248 g/mol. The maximum Gasteiger partial charge on any atom is 0.150 e. The van der Waals surface area contributed by atoms with E-state index in [0.717, 1.165) is 24.8 Å². The molecule has 0 radical (unpaired) electrons. The molecule has 1 saturated heterocycles. The van der Waals surface area contributed by atoms with Crippen LogP contribution >= 0.6 is 0 Å². The summed E-state index contributed by atoms with van der Waals surface area (Å²) >= 11 is 0. The van der Waals surface area contributed by atoms with Gasteiger partial charge in [0.25, 0.3) is 0 Å². The van der Waals surface area contributed by atoms with Crippen molar-refractivity contribution in [1.82, 2.24) is 15.1 Å². The van der Waals surface area contributed by atoms with Gasteiger partial charge in [0, 0.05) is 44.5 Å². The van der Waals surface area contributed by atoms with Crippen molar-refractivity contribution < 1.29 is 0 Å². The zero-order valence-corrected chi connectivity index (χ0v) is 11.6. The number of nitrogens with zero attached hydrogens (tertiary/aromatic N) is 3. The maximum atomic E-state index is 4.60. The second-order valence-electron chi connectivity index (χ2n) is 6.16. The fourth-order valence-corrected chi connectivity index (χ4v) is 3.02. The molecular formula is C14H24N4. The van der Waals surface area contributed by atoms with Crippen LogP contribution in [0.1, 0.15) is 26.7 Å². The van der Waals surface area contributed by atoms with E-state index < -0.39 is 0 Å². The van der Waals surface area contributed by atoms with Gasteiger partial charge in [0.05, 0.1) is 0 Å². The third-order valence-corrected chi connectivity index (χ3v) is 4.34. The fourth-order valence-electron chi connectivity index (χ4n) is 3.02. The highest BCUT2D eigenvalue weighted by atomic mass is 15.4. The molecule has 0 bridgehead atoms. The van der Waals surface area contributed by atoms with Crippen molar-refractivity contribution in [3.8, 4) is 0 Å². The van der Waals surface area contributed by atoms with Crippen LogP contribution in [0.5, 0.6) is 0 Å². The summed E-state index contributed by atoms with van der Waals surface area (Å²) in [5.74, 6) is 2.70. The van der Waals surface area contributed by atoms with Gasteiger partial charge in [-0.3, -0.25) is 4.68 Å². The van der Waals surface area contributed by atoms with E-state index in [4.69, 9.17) is 0 Å².